The molecule has 9 aliphatic carbocycles. The molecule has 31 atom stereocenters. The Morgan fingerprint density at radius 3 is 1.74 bits per heavy atom. The summed E-state index contributed by atoms with van der Waals surface area (Å²) < 4.78 is 38.1. The number of aliphatic hydroxyl groups is 12. The second-order valence-corrected chi connectivity index (χ2v) is 35.7. The standard InChI is InChI=1S/C72H112O22/c1-60(2)23-28-72(58(88)93-54-49(81)47(79)45(77)39(34-74)90-54)29-25-66(9)43(70(72,13)55(60)84)17-16-42-65(66,8)20-18-36-30-67(10)52(51(83)68(36,42)11)91-59(94-67)61(3,4)22-26-71(57(87)92-53-48(80)46(78)44(76)38(33-73)89-53)27-24-63(6)35(31-71)14-15-40-62(5)32-37(75)50(82)69(12,56(85)86)41(62)19-21-64(40,63)7/h14,17,36-42,44-55,59,73-84H,15-16,18-34H2,1-13H3,(H,85,86). The van der Waals surface area contributed by atoms with Gasteiger partial charge in [0, 0.05) is 16.2 Å². The van der Waals surface area contributed by atoms with Gasteiger partial charge in [0.1, 0.15) is 54.9 Å². The number of hydrogen-bond acceptors (Lipinski definition) is 21. The van der Waals surface area contributed by atoms with Gasteiger partial charge in [-0.15, -0.1) is 0 Å². The molecule has 94 heavy (non-hydrogen) atoms. The number of carboxylic acid groups (broad SMARTS) is 1. The van der Waals surface area contributed by atoms with Gasteiger partial charge >= 0.3 is 17.9 Å². The van der Waals surface area contributed by atoms with E-state index in [0.29, 0.717) is 77.0 Å². The van der Waals surface area contributed by atoms with Crippen LogP contribution in [-0.2, 0) is 42.8 Å². The lowest BCUT2D eigenvalue weighted by Gasteiger charge is -2.73. The highest BCUT2D eigenvalue weighted by molar-refractivity contribution is 5.81. The van der Waals surface area contributed by atoms with Crippen molar-refractivity contribution in [1.82, 2.24) is 0 Å². The van der Waals surface area contributed by atoms with Crippen LogP contribution in [0.15, 0.2) is 23.3 Å². The van der Waals surface area contributed by atoms with Gasteiger partial charge in [-0.1, -0.05) is 99.5 Å². The maximum absolute atomic E-state index is 15.4. The van der Waals surface area contributed by atoms with Crippen molar-refractivity contribution in [1.29, 1.82) is 0 Å². The van der Waals surface area contributed by atoms with Gasteiger partial charge in [-0.05, 0) is 179 Å². The highest BCUT2D eigenvalue weighted by Crippen LogP contribution is 2.79. The minimum atomic E-state index is -1.84. The quantitative estimate of drug-likeness (QED) is 0.0971. The van der Waals surface area contributed by atoms with Crippen LogP contribution in [0.3, 0.4) is 0 Å². The fraction of sp³-hybridized carbons (Fsp3) is 0.903. The maximum atomic E-state index is 15.4. The summed E-state index contributed by atoms with van der Waals surface area (Å²) in [6.07, 6.45) is -10.5. The van der Waals surface area contributed by atoms with E-state index in [1.807, 2.05) is 41.5 Å². The molecule has 532 valence electrons. The van der Waals surface area contributed by atoms with Crippen molar-refractivity contribution >= 4 is 17.9 Å². The fourth-order valence-electron chi connectivity index (χ4n) is 24.1. The lowest BCUT2D eigenvalue weighted by atomic mass is 9.31. The van der Waals surface area contributed by atoms with Crippen molar-refractivity contribution in [2.75, 3.05) is 13.2 Å². The van der Waals surface area contributed by atoms with E-state index >= 15 is 9.59 Å². The molecule has 0 amide bonds. The van der Waals surface area contributed by atoms with Crippen LogP contribution < -0.4 is 0 Å². The number of ether oxygens (including phenoxy) is 6. The molecule has 0 bridgehead atoms. The molecule has 0 aromatic carbocycles. The van der Waals surface area contributed by atoms with Crippen molar-refractivity contribution in [3.63, 3.8) is 0 Å². The summed E-state index contributed by atoms with van der Waals surface area (Å²) >= 11 is 0. The number of carboxylic acids is 1. The van der Waals surface area contributed by atoms with Gasteiger partial charge < -0.3 is 94.8 Å². The van der Waals surface area contributed by atoms with Gasteiger partial charge in [-0.25, -0.2) is 0 Å². The molecule has 0 aromatic rings. The van der Waals surface area contributed by atoms with E-state index in [4.69, 9.17) is 28.4 Å². The molecule has 31 unspecified atom stereocenters. The van der Waals surface area contributed by atoms with Crippen LogP contribution in [0, 0.1) is 88.7 Å². The van der Waals surface area contributed by atoms with Crippen LogP contribution in [0.1, 0.15) is 199 Å². The molecule has 22 nitrogen and oxygen atoms in total. The van der Waals surface area contributed by atoms with Gasteiger partial charge in [-0.2, -0.15) is 0 Å². The lowest BCUT2D eigenvalue weighted by molar-refractivity contribution is -0.301. The van der Waals surface area contributed by atoms with E-state index in [0.717, 1.165) is 24.0 Å². The first-order valence-corrected chi connectivity index (χ1v) is 35.2. The third-order valence-electron chi connectivity index (χ3n) is 30.9. The van der Waals surface area contributed by atoms with E-state index in [2.05, 4.69) is 53.7 Å². The summed E-state index contributed by atoms with van der Waals surface area (Å²) in [5.74, 6) is -3.13. The van der Waals surface area contributed by atoms with E-state index in [1.54, 1.807) is 6.92 Å². The number of hydrogen-bond donors (Lipinski definition) is 13. The van der Waals surface area contributed by atoms with Gasteiger partial charge in [0.05, 0.1) is 59.5 Å². The number of carbonyl (C=O) groups is 3. The van der Waals surface area contributed by atoms with Gasteiger partial charge in [-0.3, -0.25) is 14.4 Å². The topological polar surface area (TPSA) is 370 Å². The Balaban J connectivity index is 0.819. The Kier molecular flexibility index (Phi) is 17.3. The Hall–Kier alpha value is -2.75. The molecule has 0 spiro atoms. The molecule has 3 aliphatic heterocycles. The van der Waals surface area contributed by atoms with E-state index in [9.17, 15) is 71.2 Å². The van der Waals surface area contributed by atoms with Crippen molar-refractivity contribution in [2.24, 2.45) is 88.7 Å². The first-order valence-electron chi connectivity index (χ1n) is 35.2. The molecule has 12 rings (SSSR count). The van der Waals surface area contributed by atoms with E-state index < -0.39 is 206 Å². The summed E-state index contributed by atoms with van der Waals surface area (Å²) in [4.78, 5) is 43.7. The summed E-state index contributed by atoms with van der Waals surface area (Å²) in [6, 6.07) is 0. The molecular weight excluding hydrogens is 1220 g/mol. The minimum Gasteiger partial charge on any atom is -0.481 e. The number of rotatable bonds is 11. The van der Waals surface area contributed by atoms with Gasteiger partial charge in [0.25, 0.3) is 0 Å². The van der Waals surface area contributed by atoms with Crippen LogP contribution in [0.25, 0.3) is 0 Å². The van der Waals surface area contributed by atoms with E-state index in [1.165, 1.54) is 0 Å². The summed E-state index contributed by atoms with van der Waals surface area (Å²) in [6.45, 7) is 25.6. The van der Waals surface area contributed by atoms with Gasteiger partial charge in [0.2, 0.25) is 12.6 Å². The van der Waals surface area contributed by atoms with Crippen LogP contribution in [0.2, 0.25) is 0 Å². The Morgan fingerprint density at radius 2 is 1.15 bits per heavy atom. The largest absolute Gasteiger partial charge is 0.481 e. The number of aliphatic hydroxyl groups excluding tert-OH is 12. The molecule has 22 heteroatoms. The Bertz CT molecular complexity index is 3040. The minimum absolute atomic E-state index is 0.00634. The lowest BCUT2D eigenvalue weighted by Crippen LogP contribution is -2.72. The average Bonchev–Trinajstić information content (AvgIpc) is 0.734. The monoisotopic (exact) mass is 1330 g/mol. The summed E-state index contributed by atoms with van der Waals surface area (Å²) in [5.41, 5.74) is -9.10. The summed E-state index contributed by atoms with van der Waals surface area (Å²) in [7, 11) is 0. The molecule has 3 heterocycles. The van der Waals surface area contributed by atoms with Crippen molar-refractivity contribution in [3.05, 3.63) is 23.3 Å². The first kappa shape index (κ1) is 71.1. The van der Waals surface area contributed by atoms with Crippen molar-refractivity contribution in [2.45, 2.75) is 303 Å². The zero-order valence-electron chi connectivity index (χ0n) is 57.6. The highest BCUT2D eigenvalue weighted by Gasteiger charge is 2.77. The summed E-state index contributed by atoms with van der Waals surface area (Å²) in [5, 5.41) is 145. The molecule has 7 saturated carbocycles. The third-order valence-corrected chi connectivity index (χ3v) is 30.9. The van der Waals surface area contributed by atoms with Crippen molar-refractivity contribution in [3.8, 4) is 0 Å². The Labute approximate surface area is 553 Å². The van der Waals surface area contributed by atoms with E-state index in [-0.39, 0.29) is 37.0 Å². The fourth-order valence-corrected chi connectivity index (χ4v) is 24.1. The van der Waals surface area contributed by atoms with Crippen LogP contribution >= 0.6 is 0 Å². The van der Waals surface area contributed by atoms with Crippen LogP contribution in [0.4, 0.5) is 0 Å². The molecule has 13 N–H and O–H groups in total. The van der Waals surface area contributed by atoms with Crippen molar-refractivity contribution < 1.29 is 109 Å². The second kappa shape index (κ2) is 22.9. The molecular formula is C72H112O22. The zero-order chi connectivity index (χ0) is 69.0. The van der Waals surface area contributed by atoms with Gasteiger partial charge in [0.15, 0.2) is 6.29 Å². The normalized spacial score (nSPS) is 55.1. The predicted molar refractivity (Wildman–Crippen MR) is 335 cm³/mol. The maximum Gasteiger partial charge on any atom is 0.315 e. The number of allylic oxidation sites excluding steroid dienone is 3. The number of esters is 2. The second-order valence-electron chi connectivity index (χ2n) is 35.7. The molecule has 3 saturated heterocycles. The average molecular weight is 1330 g/mol. The Morgan fingerprint density at radius 1 is 0.596 bits per heavy atom. The highest BCUT2D eigenvalue weighted by atomic mass is 16.8. The first-order chi connectivity index (χ1) is 43.5. The van der Waals surface area contributed by atoms with Crippen LogP contribution in [-0.4, -0.2) is 201 Å². The predicted octanol–water partition coefficient (Wildman–Crippen LogP) is 4.85. The van der Waals surface area contributed by atoms with Crippen LogP contribution in [0.5, 0.6) is 0 Å². The molecule has 12 aliphatic rings. The third kappa shape index (κ3) is 9.38. The molecule has 0 aromatic heterocycles. The number of carbonyl (C=O) groups excluding carboxylic acids is 2. The molecule has 0 radical (unpaired) electrons. The number of aliphatic carboxylic acids is 1. The smallest absolute Gasteiger partial charge is 0.315 e. The number of fused-ring (bicyclic) bond motifs is 13. The SMILES string of the molecule is CC(C)(CCC1(C(=O)OC2OC(CO)C(O)C(O)C2O)CCC2(C)C(=CCC3C4(C)CC(O)C(O)C(C)(C(=O)O)C4CCC32C)C1)C1OC2C(O)C3(C)C(CCC4(C)C3CC=C3C4(C)CCC4(C(=O)OC5OC(CO)C(O)C(O)C5O)CCC(C)(C)C(O)C34C)CC2(C)O1. The molecule has 10 fully saturated rings. The zero-order valence-corrected chi connectivity index (χ0v) is 57.6.